The van der Waals surface area contributed by atoms with Gasteiger partial charge >= 0.3 is 5.97 Å². The number of carbonyl (C=O) groups is 2. The second-order valence-corrected chi connectivity index (χ2v) is 9.70. The lowest BCUT2D eigenvalue weighted by molar-refractivity contribution is -0.139. The van der Waals surface area contributed by atoms with E-state index in [2.05, 4.69) is 15.4 Å². The molecule has 1 atom stereocenters. The van der Waals surface area contributed by atoms with Gasteiger partial charge in [-0.3, -0.25) is 4.79 Å². The third-order valence-electron chi connectivity index (χ3n) is 6.32. The van der Waals surface area contributed by atoms with Crippen LogP contribution in [0.4, 0.5) is 10.3 Å². The number of fused-ring (bicyclic) bond motifs is 1. The molecule has 1 aromatic heterocycles. The average molecular weight is 554 g/mol. The van der Waals surface area contributed by atoms with Crippen molar-refractivity contribution in [3.63, 3.8) is 0 Å². The summed E-state index contributed by atoms with van der Waals surface area (Å²) in [5, 5.41) is 8.26. The number of benzene rings is 2. The number of allylic oxidation sites excluding steroid dienone is 1. The lowest BCUT2D eigenvalue weighted by Gasteiger charge is -2.28. The number of ether oxygens (including phenoxy) is 2. The number of carbonyl (C=O) groups excluding carboxylic acids is 2. The minimum atomic E-state index is -0.609. The standard InChI is InChI=1S/C28H32FN5O4S/c1-5-33(6-2)23(35)16-38-21-14-12-19(13-15-21)25-24(26(36)37-7-3)18(4)30-27-31-28(32-34(25)27)39-17-20-10-8-9-11-22(20)29/h8-15,25H,5-7,16-17H2,1-4H3,(H,30,31,32). The molecule has 1 unspecified atom stereocenters. The number of likely N-dealkylation sites (N-methyl/N-ethyl adjacent to an activating group) is 1. The van der Waals surface area contributed by atoms with Crippen LogP contribution in [0.1, 0.15) is 44.9 Å². The van der Waals surface area contributed by atoms with Gasteiger partial charge < -0.3 is 19.7 Å². The lowest BCUT2D eigenvalue weighted by Crippen LogP contribution is -2.34. The van der Waals surface area contributed by atoms with E-state index in [1.165, 1.54) is 17.8 Å². The van der Waals surface area contributed by atoms with Crippen molar-refractivity contribution in [3.8, 4) is 5.75 Å². The fraction of sp³-hybridized carbons (Fsp3) is 0.357. The van der Waals surface area contributed by atoms with Gasteiger partial charge in [0, 0.05) is 24.5 Å². The summed E-state index contributed by atoms with van der Waals surface area (Å²) in [4.78, 5) is 31.6. The highest BCUT2D eigenvalue weighted by molar-refractivity contribution is 7.98. The molecule has 39 heavy (non-hydrogen) atoms. The number of rotatable bonds is 11. The molecule has 0 aliphatic carbocycles. The smallest absolute Gasteiger partial charge is 0.338 e. The largest absolute Gasteiger partial charge is 0.484 e. The van der Waals surface area contributed by atoms with Crippen LogP contribution in [0, 0.1) is 5.82 Å². The van der Waals surface area contributed by atoms with Crippen molar-refractivity contribution in [2.45, 2.75) is 44.6 Å². The Bertz CT molecular complexity index is 1350. The van der Waals surface area contributed by atoms with Gasteiger partial charge in [-0.25, -0.2) is 13.9 Å². The van der Waals surface area contributed by atoms with E-state index in [4.69, 9.17) is 9.47 Å². The Morgan fingerprint density at radius 3 is 2.49 bits per heavy atom. The number of hydrogen-bond donors (Lipinski definition) is 1. The van der Waals surface area contributed by atoms with Gasteiger partial charge in [0.1, 0.15) is 17.6 Å². The minimum Gasteiger partial charge on any atom is -0.484 e. The molecule has 2 heterocycles. The first-order valence-corrected chi connectivity index (χ1v) is 13.8. The highest BCUT2D eigenvalue weighted by atomic mass is 32.2. The Morgan fingerprint density at radius 2 is 1.82 bits per heavy atom. The topological polar surface area (TPSA) is 98.6 Å². The van der Waals surface area contributed by atoms with Gasteiger partial charge in [-0.15, -0.1) is 5.10 Å². The molecular formula is C28H32FN5O4S. The van der Waals surface area contributed by atoms with Crippen LogP contribution >= 0.6 is 11.8 Å². The second-order valence-electron chi connectivity index (χ2n) is 8.75. The van der Waals surface area contributed by atoms with Crippen molar-refractivity contribution < 1.29 is 23.5 Å². The van der Waals surface area contributed by atoms with Crippen molar-refractivity contribution in [2.75, 3.05) is 31.6 Å². The highest BCUT2D eigenvalue weighted by Crippen LogP contribution is 2.37. The summed E-state index contributed by atoms with van der Waals surface area (Å²) >= 11 is 1.30. The number of anilines is 1. The zero-order valence-corrected chi connectivity index (χ0v) is 23.3. The van der Waals surface area contributed by atoms with Crippen LogP contribution in [0.15, 0.2) is 65.0 Å². The molecule has 0 fully saturated rings. The van der Waals surface area contributed by atoms with Gasteiger partial charge in [-0.1, -0.05) is 42.1 Å². The zero-order chi connectivity index (χ0) is 27.9. The third kappa shape index (κ3) is 6.42. The molecular weight excluding hydrogens is 521 g/mol. The van der Waals surface area contributed by atoms with Crippen molar-refractivity contribution in [2.24, 2.45) is 0 Å². The fourth-order valence-corrected chi connectivity index (χ4v) is 5.11. The Labute approximate surface area is 231 Å². The predicted molar refractivity (Wildman–Crippen MR) is 147 cm³/mol. The molecule has 0 saturated heterocycles. The first-order chi connectivity index (χ1) is 18.9. The number of halogens is 1. The molecule has 1 aliphatic heterocycles. The van der Waals surface area contributed by atoms with E-state index in [0.29, 0.717) is 52.5 Å². The van der Waals surface area contributed by atoms with Crippen LogP contribution in [0.3, 0.4) is 0 Å². The minimum absolute atomic E-state index is 0.0583. The molecule has 1 amide bonds. The molecule has 206 valence electrons. The quantitative estimate of drug-likeness (QED) is 0.267. The summed E-state index contributed by atoms with van der Waals surface area (Å²) < 4.78 is 26.8. The van der Waals surface area contributed by atoms with Gasteiger partial charge in [0.25, 0.3) is 5.91 Å². The van der Waals surface area contributed by atoms with Crippen LogP contribution in [0.25, 0.3) is 0 Å². The number of amides is 1. The van der Waals surface area contributed by atoms with Gasteiger partial charge in [-0.2, -0.15) is 4.98 Å². The number of hydrogen-bond acceptors (Lipinski definition) is 8. The number of esters is 1. The molecule has 0 saturated carbocycles. The molecule has 0 bridgehead atoms. The van der Waals surface area contributed by atoms with Crippen molar-refractivity contribution in [1.29, 1.82) is 0 Å². The van der Waals surface area contributed by atoms with Crippen LogP contribution < -0.4 is 10.1 Å². The van der Waals surface area contributed by atoms with Gasteiger partial charge in [-0.05, 0) is 57.0 Å². The van der Waals surface area contributed by atoms with Crippen LogP contribution in [0.2, 0.25) is 0 Å². The SMILES string of the molecule is CCOC(=O)C1=C(C)Nc2nc(SCc3ccccc3F)nn2C1c1ccc(OCC(=O)N(CC)CC)cc1. The summed E-state index contributed by atoms with van der Waals surface area (Å²) in [5.74, 6) is 0.528. The second kappa shape index (κ2) is 12.8. The Hall–Kier alpha value is -3.86. The van der Waals surface area contributed by atoms with Gasteiger partial charge in [0.15, 0.2) is 6.61 Å². The lowest BCUT2D eigenvalue weighted by atomic mass is 9.96. The van der Waals surface area contributed by atoms with Crippen LogP contribution in [-0.4, -0.2) is 57.8 Å². The molecule has 2 aromatic carbocycles. The van der Waals surface area contributed by atoms with Gasteiger partial charge in [0.2, 0.25) is 11.1 Å². The van der Waals surface area contributed by atoms with E-state index in [0.717, 1.165) is 5.56 Å². The van der Waals surface area contributed by atoms with E-state index in [-0.39, 0.29) is 24.9 Å². The molecule has 1 aliphatic rings. The van der Waals surface area contributed by atoms with E-state index < -0.39 is 12.0 Å². The summed E-state index contributed by atoms with van der Waals surface area (Å²) in [5.41, 5.74) is 2.33. The maximum absolute atomic E-state index is 14.1. The maximum atomic E-state index is 14.1. The molecule has 4 rings (SSSR count). The van der Waals surface area contributed by atoms with E-state index in [1.807, 2.05) is 26.0 Å². The summed E-state index contributed by atoms with van der Waals surface area (Å²) in [6.07, 6.45) is 0. The summed E-state index contributed by atoms with van der Waals surface area (Å²) in [6, 6.07) is 13.2. The Kier molecular flexibility index (Phi) is 9.23. The maximum Gasteiger partial charge on any atom is 0.338 e. The normalized spacial score (nSPS) is 14.4. The van der Waals surface area contributed by atoms with E-state index in [1.54, 1.807) is 53.8 Å². The molecule has 0 spiro atoms. The van der Waals surface area contributed by atoms with Crippen LogP contribution in [0.5, 0.6) is 5.75 Å². The van der Waals surface area contributed by atoms with E-state index >= 15 is 0 Å². The van der Waals surface area contributed by atoms with E-state index in [9.17, 15) is 14.0 Å². The number of nitrogens with zero attached hydrogens (tertiary/aromatic N) is 4. The fourth-order valence-electron chi connectivity index (χ4n) is 4.29. The molecule has 9 nitrogen and oxygen atoms in total. The first-order valence-electron chi connectivity index (χ1n) is 12.8. The molecule has 11 heteroatoms. The number of thioether (sulfide) groups is 1. The summed E-state index contributed by atoms with van der Waals surface area (Å²) in [6.45, 7) is 8.80. The predicted octanol–water partition coefficient (Wildman–Crippen LogP) is 4.81. The molecule has 3 aromatic rings. The Balaban J connectivity index is 1.60. The first kappa shape index (κ1) is 28.2. The van der Waals surface area contributed by atoms with Crippen LogP contribution in [-0.2, 0) is 20.1 Å². The molecule has 0 radical (unpaired) electrons. The van der Waals surface area contributed by atoms with Gasteiger partial charge in [0.05, 0.1) is 12.2 Å². The van der Waals surface area contributed by atoms with Crippen molar-refractivity contribution in [3.05, 3.63) is 76.7 Å². The summed E-state index contributed by atoms with van der Waals surface area (Å²) in [7, 11) is 0. The Morgan fingerprint density at radius 1 is 1.10 bits per heavy atom. The highest BCUT2D eigenvalue weighted by Gasteiger charge is 2.35. The van der Waals surface area contributed by atoms with Crippen molar-refractivity contribution in [1.82, 2.24) is 19.7 Å². The third-order valence-corrected chi connectivity index (χ3v) is 7.20. The monoisotopic (exact) mass is 553 g/mol. The number of nitrogens with one attached hydrogen (secondary N) is 1. The molecule has 1 N–H and O–H groups in total. The van der Waals surface area contributed by atoms with Crippen molar-refractivity contribution >= 4 is 29.6 Å². The average Bonchev–Trinajstić information content (AvgIpc) is 3.34. The zero-order valence-electron chi connectivity index (χ0n) is 22.4. The number of aromatic nitrogens is 3.